The summed E-state index contributed by atoms with van der Waals surface area (Å²) >= 11 is 0. The van der Waals surface area contributed by atoms with Gasteiger partial charge in [0, 0.05) is 6.42 Å². The number of carbonyl (C=O) groups excluding carboxylic acids is 1. The summed E-state index contributed by atoms with van der Waals surface area (Å²) in [4.78, 5) is 12.5. The summed E-state index contributed by atoms with van der Waals surface area (Å²) in [6.45, 7) is 4.19. The predicted molar refractivity (Wildman–Crippen MR) is 322 cm³/mol. The SMILES string of the molecule is CC/C=C\C/C=C\C/C=C\C/C=C\C/C=C\C/C=C\C/C=C\C/C=C\CCCCC(=O)NC(CO)C(O)/C=C/CCCCCCCCCCCCCCCCCCCCCCCCCCCCCCCCC. The molecule has 0 radical (unpaired) electrons. The van der Waals surface area contributed by atoms with Crippen molar-refractivity contribution in [1.29, 1.82) is 0 Å². The summed E-state index contributed by atoms with van der Waals surface area (Å²) in [7, 11) is 0. The monoisotopic (exact) mass is 998 g/mol. The van der Waals surface area contributed by atoms with Gasteiger partial charge < -0.3 is 15.5 Å². The Morgan fingerprint density at radius 1 is 0.347 bits per heavy atom. The van der Waals surface area contributed by atoms with Gasteiger partial charge in [-0.1, -0.05) is 316 Å². The maximum atomic E-state index is 12.5. The fourth-order valence-corrected chi connectivity index (χ4v) is 9.08. The van der Waals surface area contributed by atoms with Crippen molar-refractivity contribution in [2.24, 2.45) is 0 Å². The Morgan fingerprint density at radius 2 is 0.611 bits per heavy atom. The molecule has 4 nitrogen and oxygen atoms in total. The van der Waals surface area contributed by atoms with E-state index in [4.69, 9.17) is 0 Å². The maximum Gasteiger partial charge on any atom is 0.220 e. The lowest BCUT2D eigenvalue weighted by Gasteiger charge is -2.19. The first kappa shape index (κ1) is 69.0. The fraction of sp³-hybridized carbons (Fsp3) is 0.721. The Bertz CT molecular complexity index is 1360. The fourth-order valence-electron chi connectivity index (χ4n) is 9.08. The van der Waals surface area contributed by atoms with Crippen molar-refractivity contribution >= 4 is 5.91 Å². The van der Waals surface area contributed by atoms with Crippen LogP contribution in [0.5, 0.6) is 0 Å². The van der Waals surface area contributed by atoms with E-state index in [0.717, 1.165) is 83.5 Å². The van der Waals surface area contributed by atoms with Crippen LogP contribution < -0.4 is 5.32 Å². The van der Waals surface area contributed by atoms with Gasteiger partial charge in [-0.25, -0.2) is 0 Å². The largest absolute Gasteiger partial charge is 0.394 e. The molecule has 0 aromatic rings. The van der Waals surface area contributed by atoms with Gasteiger partial charge >= 0.3 is 0 Å². The van der Waals surface area contributed by atoms with Crippen LogP contribution in [-0.4, -0.2) is 34.9 Å². The number of aliphatic hydroxyl groups excluding tert-OH is 2. The van der Waals surface area contributed by atoms with Gasteiger partial charge in [0.2, 0.25) is 5.91 Å². The average molecular weight is 999 g/mol. The molecule has 0 aliphatic carbocycles. The van der Waals surface area contributed by atoms with Crippen molar-refractivity contribution in [2.75, 3.05) is 6.61 Å². The van der Waals surface area contributed by atoms with E-state index in [1.54, 1.807) is 6.08 Å². The molecule has 0 fully saturated rings. The number of allylic oxidation sites excluding steroid dienone is 17. The third-order valence-corrected chi connectivity index (χ3v) is 13.8. The molecule has 72 heavy (non-hydrogen) atoms. The van der Waals surface area contributed by atoms with Gasteiger partial charge in [-0.15, -0.1) is 0 Å². The van der Waals surface area contributed by atoms with Crippen LogP contribution in [-0.2, 0) is 4.79 Å². The van der Waals surface area contributed by atoms with Gasteiger partial charge in [-0.05, 0) is 83.5 Å². The number of unbranched alkanes of at least 4 members (excludes halogenated alkanes) is 33. The van der Waals surface area contributed by atoms with Crippen LogP contribution in [0.25, 0.3) is 0 Å². The highest BCUT2D eigenvalue weighted by Gasteiger charge is 2.18. The number of amides is 1. The number of hydrogen-bond donors (Lipinski definition) is 3. The third-order valence-electron chi connectivity index (χ3n) is 13.8. The quantitative estimate of drug-likeness (QED) is 0.0420. The zero-order valence-electron chi connectivity index (χ0n) is 47.7. The molecule has 0 saturated carbocycles. The molecule has 1 amide bonds. The summed E-state index contributed by atoms with van der Waals surface area (Å²) < 4.78 is 0. The molecule has 2 unspecified atom stereocenters. The molecule has 3 N–H and O–H groups in total. The zero-order valence-corrected chi connectivity index (χ0v) is 47.7. The maximum absolute atomic E-state index is 12.5. The van der Waals surface area contributed by atoms with E-state index in [9.17, 15) is 15.0 Å². The second-order valence-corrected chi connectivity index (χ2v) is 20.7. The van der Waals surface area contributed by atoms with Gasteiger partial charge in [-0.3, -0.25) is 4.79 Å². The lowest BCUT2D eigenvalue weighted by molar-refractivity contribution is -0.123. The second-order valence-electron chi connectivity index (χ2n) is 20.7. The predicted octanol–water partition coefficient (Wildman–Crippen LogP) is 21.0. The van der Waals surface area contributed by atoms with Crippen LogP contribution in [0.4, 0.5) is 0 Å². The summed E-state index contributed by atoms with van der Waals surface area (Å²) in [5.41, 5.74) is 0. The number of nitrogens with one attached hydrogen (secondary N) is 1. The van der Waals surface area contributed by atoms with Crippen LogP contribution in [0.2, 0.25) is 0 Å². The van der Waals surface area contributed by atoms with Crippen LogP contribution in [0, 0.1) is 0 Å². The molecule has 4 heteroatoms. The lowest BCUT2D eigenvalue weighted by atomic mass is 10.0. The molecule has 414 valence electrons. The van der Waals surface area contributed by atoms with Crippen molar-refractivity contribution in [3.8, 4) is 0 Å². The van der Waals surface area contributed by atoms with E-state index < -0.39 is 12.1 Å². The summed E-state index contributed by atoms with van der Waals surface area (Å²) in [6.07, 6.45) is 94.2. The number of aliphatic hydroxyl groups is 2. The molecule has 0 bridgehead atoms. The minimum atomic E-state index is -0.868. The second kappa shape index (κ2) is 62.3. The first-order valence-corrected chi connectivity index (χ1v) is 31.1. The van der Waals surface area contributed by atoms with Crippen molar-refractivity contribution in [2.45, 2.75) is 309 Å². The van der Waals surface area contributed by atoms with E-state index in [1.807, 2.05) is 6.08 Å². The van der Waals surface area contributed by atoms with Crippen LogP contribution >= 0.6 is 0 Å². The molecule has 0 aromatic heterocycles. The van der Waals surface area contributed by atoms with E-state index in [0.29, 0.717) is 6.42 Å². The molecule has 0 aromatic carbocycles. The molecule has 2 atom stereocenters. The number of hydrogen-bond acceptors (Lipinski definition) is 3. The van der Waals surface area contributed by atoms with Crippen LogP contribution in [0.3, 0.4) is 0 Å². The first-order chi connectivity index (χ1) is 35.7. The Balaban J connectivity index is 3.58. The van der Waals surface area contributed by atoms with Gasteiger partial charge in [0.1, 0.15) is 0 Å². The minimum absolute atomic E-state index is 0.107. The topological polar surface area (TPSA) is 69.6 Å². The van der Waals surface area contributed by atoms with E-state index in [2.05, 4.69) is 116 Å². The van der Waals surface area contributed by atoms with Crippen LogP contribution in [0.15, 0.2) is 109 Å². The summed E-state index contributed by atoms with van der Waals surface area (Å²) in [5, 5.41) is 23.2. The van der Waals surface area contributed by atoms with Crippen molar-refractivity contribution in [3.05, 3.63) is 109 Å². The highest BCUT2D eigenvalue weighted by atomic mass is 16.3. The molecule has 0 aliphatic heterocycles. The Labute approximate surface area is 448 Å². The summed E-state index contributed by atoms with van der Waals surface area (Å²) in [6, 6.07) is -0.656. The van der Waals surface area contributed by atoms with Gasteiger partial charge in [0.25, 0.3) is 0 Å². The van der Waals surface area contributed by atoms with Crippen molar-refractivity contribution in [3.63, 3.8) is 0 Å². The number of carbonyl (C=O) groups is 1. The Hall–Kier alpha value is -2.95. The summed E-state index contributed by atoms with van der Waals surface area (Å²) in [5.74, 6) is -0.107. The zero-order chi connectivity index (χ0) is 52.0. The third kappa shape index (κ3) is 57.9. The van der Waals surface area contributed by atoms with E-state index in [-0.39, 0.29) is 12.5 Å². The smallest absolute Gasteiger partial charge is 0.220 e. The minimum Gasteiger partial charge on any atom is -0.394 e. The molecule has 0 aliphatic rings. The van der Waals surface area contributed by atoms with Crippen molar-refractivity contribution < 1.29 is 15.0 Å². The average Bonchev–Trinajstić information content (AvgIpc) is 3.39. The van der Waals surface area contributed by atoms with Gasteiger partial charge in [0.05, 0.1) is 18.8 Å². The van der Waals surface area contributed by atoms with Crippen LogP contribution in [0.1, 0.15) is 296 Å². The highest BCUT2D eigenvalue weighted by Crippen LogP contribution is 2.17. The van der Waals surface area contributed by atoms with E-state index in [1.165, 1.54) is 193 Å². The molecule has 0 spiro atoms. The van der Waals surface area contributed by atoms with Gasteiger partial charge in [-0.2, -0.15) is 0 Å². The highest BCUT2D eigenvalue weighted by molar-refractivity contribution is 5.76. The molecule has 0 heterocycles. The normalized spacial score (nSPS) is 13.6. The Morgan fingerprint density at radius 3 is 0.917 bits per heavy atom. The first-order valence-electron chi connectivity index (χ1n) is 31.1. The Kier molecular flexibility index (Phi) is 59.8. The molecule has 0 rings (SSSR count). The standard InChI is InChI=1S/C68H119NO3/c1-3-5-7-9-11-13-15-17-19-21-23-25-27-29-31-32-33-34-35-36-38-39-41-43-45-47-49-51-53-55-57-59-61-63-67(71)66(65-70)69-68(72)64-62-60-58-56-54-52-50-48-46-44-42-40-37-30-28-26-24-22-20-18-16-14-12-10-8-6-4-2/h6,8,12,14,18,20,24,26,30,37,42,44,48,50,54,56,61,63,66-67,70-71H,3-5,7,9-11,13,15-17,19,21-23,25,27-29,31-36,38-41,43,45-47,49,51-53,55,57-60,62,64-65H2,1-2H3,(H,69,72)/b8-6-,14-12-,20-18-,26-24-,37-30-,44-42-,50-48-,56-54-,63-61+. The molecular weight excluding hydrogens is 879 g/mol. The molecular formula is C68H119NO3. The van der Waals surface area contributed by atoms with Crippen molar-refractivity contribution in [1.82, 2.24) is 5.32 Å². The molecule has 0 saturated heterocycles. The lowest BCUT2D eigenvalue weighted by Crippen LogP contribution is -2.45. The van der Waals surface area contributed by atoms with Gasteiger partial charge in [0.15, 0.2) is 0 Å². The van der Waals surface area contributed by atoms with E-state index >= 15 is 0 Å². The number of rotatable bonds is 56.